The second kappa shape index (κ2) is 7.01. The van der Waals surface area contributed by atoms with Gasteiger partial charge < -0.3 is 4.74 Å². The predicted octanol–water partition coefficient (Wildman–Crippen LogP) is 5.53. The van der Waals surface area contributed by atoms with E-state index in [1.807, 2.05) is 24.4 Å². The number of fused-ring (bicyclic) bond motifs is 5. The van der Waals surface area contributed by atoms with Gasteiger partial charge in [-0.25, -0.2) is 8.78 Å². The summed E-state index contributed by atoms with van der Waals surface area (Å²) >= 11 is 0. The van der Waals surface area contributed by atoms with Crippen LogP contribution >= 0.6 is 0 Å². The minimum atomic E-state index is -2.28. The summed E-state index contributed by atoms with van der Waals surface area (Å²) in [6.45, 7) is 5.01. The van der Waals surface area contributed by atoms with E-state index in [4.69, 9.17) is 4.74 Å². The van der Waals surface area contributed by atoms with Gasteiger partial charge in [0, 0.05) is 48.1 Å². The largest absolute Gasteiger partial charge is 0.493 e. The lowest BCUT2D eigenvalue weighted by molar-refractivity contribution is -0.118. The summed E-state index contributed by atoms with van der Waals surface area (Å²) in [4.78, 5) is 13.3. The number of hydrogen-bond acceptors (Lipinski definition) is 3. The molecule has 0 unspecified atom stereocenters. The maximum atomic E-state index is 13.3. The number of rotatable bonds is 0. The molecule has 2 aromatic rings. The Morgan fingerprint density at radius 3 is 2.52 bits per heavy atom. The van der Waals surface area contributed by atoms with Gasteiger partial charge in [-0.3, -0.25) is 9.89 Å². The molecule has 2 heterocycles. The summed E-state index contributed by atoms with van der Waals surface area (Å²) in [5, 5.41) is 7.54. The molecule has 1 spiro atoms. The number of allylic oxidation sites excluding steroid dienone is 2. The Balaban J connectivity index is 0.000000296. The Hall–Kier alpha value is -2.50. The third kappa shape index (κ3) is 3.31. The molecule has 4 nitrogen and oxygen atoms in total. The van der Waals surface area contributed by atoms with E-state index in [2.05, 4.69) is 30.1 Å². The van der Waals surface area contributed by atoms with Crippen molar-refractivity contribution in [3.05, 3.63) is 58.4 Å². The number of alkyl halides is 2. The molecule has 1 atom stereocenters. The van der Waals surface area contributed by atoms with Gasteiger partial charge in [-0.1, -0.05) is 37.6 Å². The maximum Gasteiger partial charge on any atom is 0.248 e. The van der Waals surface area contributed by atoms with Crippen LogP contribution in [0.25, 0.3) is 0 Å². The number of ketones is 1. The van der Waals surface area contributed by atoms with Crippen LogP contribution in [0.3, 0.4) is 0 Å². The third-order valence-corrected chi connectivity index (χ3v) is 7.12. The van der Waals surface area contributed by atoms with Gasteiger partial charge in [0.15, 0.2) is 5.78 Å². The van der Waals surface area contributed by atoms with Gasteiger partial charge in [0.05, 0.1) is 18.2 Å². The number of H-pyrrole nitrogens is 1. The zero-order valence-corrected chi connectivity index (χ0v) is 18.1. The highest BCUT2D eigenvalue weighted by atomic mass is 19.3. The first-order valence-electron chi connectivity index (χ1n) is 11.1. The molecular weight excluding hydrogens is 398 g/mol. The van der Waals surface area contributed by atoms with E-state index in [9.17, 15) is 13.6 Å². The van der Waals surface area contributed by atoms with E-state index >= 15 is 0 Å². The summed E-state index contributed by atoms with van der Waals surface area (Å²) in [7, 11) is 0. The highest BCUT2D eigenvalue weighted by Crippen LogP contribution is 2.56. The average molecular weight is 427 g/mol. The third-order valence-electron chi connectivity index (χ3n) is 7.12. The Morgan fingerprint density at radius 2 is 1.81 bits per heavy atom. The zero-order chi connectivity index (χ0) is 21.9. The molecule has 0 radical (unpaired) electrons. The van der Waals surface area contributed by atoms with E-state index in [-0.39, 0.29) is 18.3 Å². The van der Waals surface area contributed by atoms with Crippen LogP contribution in [0.15, 0.2) is 41.6 Å². The van der Waals surface area contributed by atoms with Gasteiger partial charge in [-0.05, 0) is 30.7 Å². The van der Waals surface area contributed by atoms with Crippen molar-refractivity contribution in [3.8, 4) is 5.75 Å². The van der Waals surface area contributed by atoms with Crippen LogP contribution in [0.1, 0.15) is 69.2 Å². The van der Waals surface area contributed by atoms with Crippen LogP contribution in [0.2, 0.25) is 0 Å². The number of aromatic nitrogens is 2. The molecule has 1 aromatic heterocycles. The van der Waals surface area contributed by atoms with E-state index in [1.54, 1.807) is 0 Å². The number of hydrogen-bond donors (Lipinski definition) is 1. The Labute approximate surface area is 181 Å². The van der Waals surface area contributed by atoms with Crippen molar-refractivity contribution in [3.63, 3.8) is 0 Å². The number of aromatic amines is 1. The molecule has 6 rings (SSSR count). The fourth-order valence-corrected chi connectivity index (χ4v) is 5.68. The maximum absolute atomic E-state index is 13.3. The van der Waals surface area contributed by atoms with Crippen molar-refractivity contribution < 1.29 is 18.3 Å². The highest BCUT2D eigenvalue weighted by molar-refractivity contribution is 6.02. The molecule has 31 heavy (non-hydrogen) atoms. The molecular formula is C25H28F2N2O2. The molecule has 1 aliphatic heterocycles. The van der Waals surface area contributed by atoms with E-state index in [0.29, 0.717) is 25.2 Å². The summed E-state index contributed by atoms with van der Waals surface area (Å²) in [6, 6.07) is 8.18. The monoisotopic (exact) mass is 426 g/mol. The van der Waals surface area contributed by atoms with Crippen molar-refractivity contribution in [1.82, 2.24) is 10.2 Å². The first-order valence-corrected chi connectivity index (χ1v) is 11.1. The van der Waals surface area contributed by atoms with Crippen LogP contribution < -0.4 is 4.74 Å². The number of nitrogens with one attached hydrogen (secondary N) is 1. The second-order valence-corrected chi connectivity index (χ2v) is 10.1. The summed E-state index contributed by atoms with van der Waals surface area (Å²) in [5.41, 5.74) is 5.36. The molecule has 0 bridgehead atoms. The van der Waals surface area contributed by atoms with Crippen molar-refractivity contribution in [1.29, 1.82) is 0 Å². The SMILES string of the molecule is CC1(C)CC(=O)C2=C(Cc3[nH]ncc3[C@]23CCOc2ccccc23)C1.FC1(F)CCC1. The van der Waals surface area contributed by atoms with Crippen LogP contribution in [0.5, 0.6) is 5.75 Å². The molecule has 164 valence electrons. The summed E-state index contributed by atoms with van der Waals surface area (Å²) in [5.74, 6) is -1.08. The molecule has 4 aliphatic rings. The summed E-state index contributed by atoms with van der Waals surface area (Å²) < 4.78 is 29.0. The van der Waals surface area contributed by atoms with Gasteiger partial charge in [0.2, 0.25) is 5.92 Å². The second-order valence-electron chi connectivity index (χ2n) is 10.1. The molecule has 1 fully saturated rings. The van der Waals surface area contributed by atoms with Crippen LogP contribution in [-0.2, 0) is 16.6 Å². The normalized spacial score (nSPS) is 27.2. The van der Waals surface area contributed by atoms with Crippen LogP contribution in [-0.4, -0.2) is 28.5 Å². The topological polar surface area (TPSA) is 55.0 Å². The van der Waals surface area contributed by atoms with E-state index in [0.717, 1.165) is 47.4 Å². The van der Waals surface area contributed by atoms with E-state index < -0.39 is 11.3 Å². The van der Waals surface area contributed by atoms with Crippen LogP contribution in [0, 0.1) is 5.41 Å². The number of para-hydroxylation sites is 1. The number of ether oxygens (including phenoxy) is 1. The molecule has 0 amide bonds. The Kier molecular flexibility index (Phi) is 4.61. The van der Waals surface area contributed by atoms with Crippen molar-refractivity contribution in [2.24, 2.45) is 5.41 Å². The minimum Gasteiger partial charge on any atom is -0.493 e. The first-order chi connectivity index (χ1) is 14.7. The number of nitrogens with zero attached hydrogens (tertiary/aromatic N) is 1. The van der Waals surface area contributed by atoms with Crippen molar-refractivity contribution in [2.75, 3.05) is 6.61 Å². The van der Waals surface area contributed by atoms with Crippen molar-refractivity contribution >= 4 is 5.78 Å². The molecule has 6 heteroatoms. The van der Waals surface area contributed by atoms with Gasteiger partial charge in [0.1, 0.15) is 5.75 Å². The fraction of sp³-hybridized carbons (Fsp3) is 0.520. The minimum absolute atomic E-state index is 0.0271. The molecule has 1 aromatic carbocycles. The highest BCUT2D eigenvalue weighted by Gasteiger charge is 2.52. The zero-order valence-electron chi connectivity index (χ0n) is 18.1. The lowest BCUT2D eigenvalue weighted by Crippen LogP contribution is -2.45. The molecule has 1 N–H and O–H groups in total. The number of carbonyl (C=O) groups excluding carboxylic acids is 1. The predicted molar refractivity (Wildman–Crippen MR) is 113 cm³/mol. The standard InChI is InChI=1S/C21H22N2O2.C4H6F2/c1-20(2)10-13-9-16-15(12-22-23-16)21(19(13)17(24)11-20)7-8-25-18-6-4-3-5-14(18)21;5-4(6)2-1-3-4/h3-6,12H,7-11H2,1-2H3,(H,22,23);1-3H2/t21-;/m1./s1. The lowest BCUT2D eigenvalue weighted by atomic mass is 9.56. The van der Waals surface area contributed by atoms with Crippen LogP contribution in [0.4, 0.5) is 8.78 Å². The van der Waals surface area contributed by atoms with Gasteiger partial charge >= 0.3 is 0 Å². The molecule has 3 aliphatic carbocycles. The Bertz CT molecular complexity index is 1060. The van der Waals surface area contributed by atoms with Crippen molar-refractivity contribution in [2.45, 2.75) is 70.1 Å². The molecule has 1 saturated carbocycles. The molecule has 0 saturated heterocycles. The Morgan fingerprint density at radius 1 is 1.06 bits per heavy atom. The smallest absolute Gasteiger partial charge is 0.248 e. The van der Waals surface area contributed by atoms with E-state index in [1.165, 1.54) is 5.57 Å². The van der Waals surface area contributed by atoms with Gasteiger partial charge in [-0.2, -0.15) is 5.10 Å². The number of carbonyl (C=O) groups is 1. The van der Waals surface area contributed by atoms with Gasteiger partial charge in [0.25, 0.3) is 0 Å². The number of halogens is 2. The average Bonchev–Trinajstić information content (AvgIpc) is 3.15. The summed E-state index contributed by atoms with van der Waals surface area (Å²) in [6.07, 6.45) is 6.06. The number of benzene rings is 1. The number of Topliss-reactive ketones (excluding diaryl/α,β-unsaturated/α-hetero) is 1. The first kappa shape index (κ1) is 20.4. The quantitative estimate of drug-likeness (QED) is 0.603. The lowest BCUT2D eigenvalue weighted by Gasteiger charge is -2.47. The fourth-order valence-electron chi connectivity index (χ4n) is 5.68. The van der Waals surface area contributed by atoms with Gasteiger partial charge in [-0.15, -0.1) is 0 Å².